The molecule has 9 aromatic rings. The predicted molar refractivity (Wildman–Crippen MR) is 198 cm³/mol. The van der Waals surface area contributed by atoms with E-state index < -0.39 is 10.0 Å². The van der Waals surface area contributed by atoms with Gasteiger partial charge in [0.05, 0.1) is 38.5 Å². The van der Waals surface area contributed by atoms with Crippen molar-refractivity contribution >= 4 is 64.9 Å². The predicted octanol–water partition coefficient (Wildman–Crippen LogP) is 10.1. The van der Waals surface area contributed by atoms with Gasteiger partial charge in [0.1, 0.15) is 0 Å². The zero-order valence-corrected chi connectivity index (χ0v) is 26.8. The van der Waals surface area contributed by atoms with Crippen LogP contribution in [0.15, 0.2) is 163 Å². The number of nitrogens with zero attached hydrogens (tertiary/aromatic N) is 4. The average molecular weight is 651 g/mol. The summed E-state index contributed by atoms with van der Waals surface area (Å²) >= 11 is 0. The molecular weight excluding hydrogens is 625 g/mol. The molecule has 1 aliphatic rings. The lowest BCUT2D eigenvalue weighted by Gasteiger charge is -2.33. The first kappa shape index (κ1) is 27.8. The molecule has 0 N–H and O–H groups in total. The Balaban J connectivity index is 1.42. The molecule has 49 heavy (non-hydrogen) atoms. The molecule has 3 heterocycles. The van der Waals surface area contributed by atoms with Crippen molar-refractivity contribution in [3.05, 3.63) is 158 Å². The highest BCUT2D eigenvalue weighted by atomic mass is 32.2. The SMILES string of the molecule is O=S1(=O)c2ccc3ccccc3c2-c2ccc3c4ccccc4n(-c4nc(-c5ccccc5)c5ccccc5n4)c3c2N1c1ccccc1. The molecule has 0 saturated heterocycles. The minimum absolute atomic E-state index is 0.276. The second-order valence-electron chi connectivity index (χ2n) is 12.2. The molecule has 0 radical (unpaired) electrons. The van der Waals surface area contributed by atoms with Gasteiger partial charge >= 0.3 is 0 Å². The zero-order chi connectivity index (χ0) is 32.7. The number of para-hydroxylation sites is 3. The largest absolute Gasteiger partial charge is 0.276 e. The van der Waals surface area contributed by atoms with Crippen LogP contribution in [0.3, 0.4) is 0 Å². The maximum absolute atomic E-state index is 15.0. The van der Waals surface area contributed by atoms with Crippen LogP contribution in [-0.4, -0.2) is 23.0 Å². The summed E-state index contributed by atoms with van der Waals surface area (Å²) in [7, 11) is -4.08. The van der Waals surface area contributed by atoms with Crippen LogP contribution in [-0.2, 0) is 10.0 Å². The molecule has 0 bridgehead atoms. The van der Waals surface area contributed by atoms with Crippen molar-refractivity contribution in [1.82, 2.24) is 14.5 Å². The van der Waals surface area contributed by atoms with Gasteiger partial charge in [0.15, 0.2) is 0 Å². The fourth-order valence-corrected chi connectivity index (χ4v) is 9.17. The van der Waals surface area contributed by atoms with Crippen molar-refractivity contribution in [1.29, 1.82) is 0 Å². The fourth-order valence-electron chi connectivity index (χ4n) is 7.43. The van der Waals surface area contributed by atoms with E-state index in [0.29, 0.717) is 22.9 Å². The van der Waals surface area contributed by atoms with Crippen LogP contribution < -0.4 is 4.31 Å². The summed E-state index contributed by atoms with van der Waals surface area (Å²) in [6.07, 6.45) is 0. The van der Waals surface area contributed by atoms with Crippen molar-refractivity contribution in [3.8, 4) is 28.3 Å². The van der Waals surface area contributed by atoms with Gasteiger partial charge in [-0.2, -0.15) is 0 Å². The molecule has 6 nitrogen and oxygen atoms in total. The standard InChI is InChI=1S/C42H26N4O2S/c47-49(48)37-26-23-27-13-7-8-18-30(27)38(37)34-25-24-32-31-19-10-12-22-36(31)45(40(32)41(34)46(49)29-16-5-2-6-17-29)42-43-35-21-11-9-20-33(35)39(44-42)28-14-3-1-4-15-28/h1-26H. The van der Waals surface area contributed by atoms with Gasteiger partial charge in [-0.05, 0) is 41.1 Å². The van der Waals surface area contributed by atoms with E-state index in [1.165, 1.54) is 4.31 Å². The van der Waals surface area contributed by atoms with Gasteiger partial charge < -0.3 is 0 Å². The molecule has 10 rings (SSSR count). The Labute approximate surface area is 282 Å². The molecule has 0 amide bonds. The van der Waals surface area contributed by atoms with E-state index in [2.05, 4.69) is 36.4 Å². The number of anilines is 2. The van der Waals surface area contributed by atoms with E-state index in [1.807, 2.05) is 120 Å². The van der Waals surface area contributed by atoms with Crippen LogP contribution in [0.1, 0.15) is 0 Å². The van der Waals surface area contributed by atoms with Crippen LogP contribution in [0.25, 0.3) is 71.8 Å². The summed E-state index contributed by atoms with van der Waals surface area (Å²) in [6, 6.07) is 51.4. The highest BCUT2D eigenvalue weighted by Gasteiger charge is 2.39. The number of hydrogen-bond donors (Lipinski definition) is 0. The Hall–Kier alpha value is -6.31. The molecule has 7 aromatic carbocycles. The minimum atomic E-state index is -4.08. The molecule has 0 spiro atoms. The molecule has 0 fully saturated rings. The van der Waals surface area contributed by atoms with Crippen molar-refractivity contribution in [3.63, 3.8) is 0 Å². The quantitative estimate of drug-likeness (QED) is 0.191. The van der Waals surface area contributed by atoms with Crippen molar-refractivity contribution < 1.29 is 8.42 Å². The van der Waals surface area contributed by atoms with Gasteiger partial charge in [0.2, 0.25) is 5.95 Å². The lowest BCUT2D eigenvalue weighted by atomic mass is 9.95. The van der Waals surface area contributed by atoms with Crippen molar-refractivity contribution in [2.24, 2.45) is 0 Å². The average Bonchev–Trinajstić information content (AvgIpc) is 3.49. The normalized spacial score (nSPS) is 13.6. The molecule has 0 unspecified atom stereocenters. The highest BCUT2D eigenvalue weighted by molar-refractivity contribution is 7.93. The molecule has 0 saturated carbocycles. The third kappa shape index (κ3) is 3.97. The zero-order valence-electron chi connectivity index (χ0n) is 26.0. The molecule has 0 atom stereocenters. The van der Waals surface area contributed by atoms with Gasteiger partial charge in [-0.3, -0.25) is 4.57 Å². The van der Waals surface area contributed by atoms with E-state index >= 15 is 8.42 Å². The second kappa shape index (κ2) is 10.3. The Morgan fingerprint density at radius 3 is 2.02 bits per heavy atom. The molecule has 0 aliphatic carbocycles. The number of aromatic nitrogens is 3. The lowest BCUT2D eigenvalue weighted by Crippen LogP contribution is -2.31. The summed E-state index contributed by atoms with van der Waals surface area (Å²) in [5.74, 6) is 0.464. The smallest absolute Gasteiger partial charge is 0.269 e. The van der Waals surface area contributed by atoms with Gasteiger partial charge in [0, 0.05) is 32.8 Å². The van der Waals surface area contributed by atoms with Crippen LogP contribution in [0, 0.1) is 0 Å². The summed E-state index contributed by atoms with van der Waals surface area (Å²) in [6.45, 7) is 0. The van der Waals surface area contributed by atoms with E-state index in [-0.39, 0.29) is 4.90 Å². The van der Waals surface area contributed by atoms with Crippen LogP contribution in [0.5, 0.6) is 0 Å². The van der Waals surface area contributed by atoms with E-state index in [9.17, 15) is 0 Å². The summed E-state index contributed by atoms with van der Waals surface area (Å²) in [4.78, 5) is 10.7. The van der Waals surface area contributed by atoms with Crippen molar-refractivity contribution in [2.75, 3.05) is 4.31 Å². The Kier molecular flexibility index (Phi) is 5.86. The highest BCUT2D eigenvalue weighted by Crippen LogP contribution is 2.53. The van der Waals surface area contributed by atoms with Gasteiger partial charge in [0.25, 0.3) is 10.0 Å². The summed E-state index contributed by atoms with van der Waals surface area (Å²) in [5, 5.41) is 4.68. The summed E-state index contributed by atoms with van der Waals surface area (Å²) in [5.41, 5.74) is 6.83. The van der Waals surface area contributed by atoms with E-state index in [4.69, 9.17) is 9.97 Å². The second-order valence-corrected chi connectivity index (χ2v) is 14.0. The van der Waals surface area contributed by atoms with Crippen LogP contribution in [0.2, 0.25) is 0 Å². The van der Waals surface area contributed by atoms with E-state index in [1.54, 1.807) is 6.07 Å². The monoisotopic (exact) mass is 650 g/mol. The van der Waals surface area contributed by atoms with Crippen LogP contribution >= 0.6 is 0 Å². The minimum Gasteiger partial charge on any atom is -0.276 e. The third-order valence-electron chi connectivity index (χ3n) is 9.52. The van der Waals surface area contributed by atoms with E-state index in [0.717, 1.165) is 60.3 Å². The Morgan fingerprint density at radius 1 is 0.531 bits per heavy atom. The van der Waals surface area contributed by atoms with Gasteiger partial charge in [-0.15, -0.1) is 0 Å². The van der Waals surface area contributed by atoms with Crippen molar-refractivity contribution in [2.45, 2.75) is 4.90 Å². The first-order chi connectivity index (χ1) is 24.1. The molecule has 7 heteroatoms. The number of hydrogen-bond acceptors (Lipinski definition) is 4. The lowest BCUT2D eigenvalue weighted by molar-refractivity contribution is 0.596. The van der Waals surface area contributed by atoms with Crippen LogP contribution in [0.4, 0.5) is 11.4 Å². The first-order valence-corrected chi connectivity index (χ1v) is 17.5. The number of sulfonamides is 1. The first-order valence-electron chi connectivity index (χ1n) is 16.1. The Morgan fingerprint density at radius 2 is 1.20 bits per heavy atom. The van der Waals surface area contributed by atoms with Gasteiger partial charge in [-0.1, -0.05) is 127 Å². The summed E-state index contributed by atoms with van der Waals surface area (Å²) < 4.78 is 33.6. The number of rotatable bonds is 3. The fraction of sp³-hybridized carbons (Fsp3) is 0. The molecular formula is C42H26N4O2S. The number of benzene rings is 7. The van der Waals surface area contributed by atoms with Gasteiger partial charge in [-0.25, -0.2) is 22.7 Å². The Bertz CT molecular complexity index is 2900. The molecule has 232 valence electrons. The number of fused-ring (bicyclic) bond motifs is 10. The molecule has 1 aliphatic heterocycles. The maximum Gasteiger partial charge on any atom is 0.269 e. The third-order valence-corrected chi connectivity index (χ3v) is 11.3. The molecule has 2 aromatic heterocycles. The topological polar surface area (TPSA) is 68.1 Å². The maximum atomic E-state index is 15.0.